The van der Waals surface area contributed by atoms with E-state index in [-0.39, 0.29) is 10.8 Å². The SMILES string of the molecule is CC1(C)c2cc(/C=C/c3ccc(N(c4ccccc4)c4ccc5ccccc5c4)cc3)ccc2-c2ccc(-c3ccc4c(c3)C(C)(C)c3cc(/C=C/c5ccc(N(c6ccccc6)c6ccc7ccccc7c6)cc5)ccc3-4)cc21. The van der Waals surface area contributed by atoms with E-state index in [9.17, 15) is 0 Å². The molecule has 0 radical (unpaired) electrons. The van der Waals surface area contributed by atoms with Gasteiger partial charge in [0.2, 0.25) is 0 Å². The summed E-state index contributed by atoms with van der Waals surface area (Å²) in [6.07, 6.45) is 8.99. The van der Waals surface area contributed by atoms with E-state index < -0.39 is 0 Å². The number of anilines is 6. The quantitative estimate of drug-likeness (QED) is 0.119. The summed E-state index contributed by atoms with van der Waals surface area (Å²) in [5, 5.41) is 4.93. The van der Waals surface area contributed by atoms with Crippen LogP contribution in [0.25, 0.3) is 79.2 Å². The van der Waals surface area contributed by atoms with Crippen LogP contribution in [0.5, 0.6) is 0 Å². The van der Waals surface area contributed by atoms with E-state index >= 15 is 0 Å². The predicted octanol–water partition coefficient (Wildman–Crippen LogP) is 21.6. The molecule has 2 nitrogen and oxygen atoms in total. The van der Waals surface area contributed by atoms with Gasteiger partial charge in [-0.3, -0.25) is 0 Å². The normalized spacial score (nSPS) is 13.6. The lowest BCUT2D eigenvalue weighted by Gasteiger charge is -2.26. The lowest BCUT2D eigenvalue weighted by atomic mass is 9.80. The van der Waals surface area contributed by atoms with Crippen molar-refractivity contribution in [3.05, 3.63) is 311 Å². The minimum atomic E-state index is -0.158. The molecule has 0 fully saturated rings. The maximum absolute atomic E-state index is 2.46. The van der Waals surface area contributed by atoms with Gasteiger partial charge in [-0.05, 0) is 184 Å². The fourth-order valence-electron chi connectivity index (χ4n) is 12.6. The standard InChI is InChI=1S/C78H60N2/c1-77(2)73-47-55(25-23-53-27-37-65(38-28-53)79(63-19-7-5-8-20-63)67-41-33-57-15-11-13-17-59(57)49-67)31-43-69(73)71-45-35-61(51-75(71)77)62-36-46-72-70-44-32-56(48-74(70)78(3,4)76(72)52-62)26-24-54-29-39-66(40-30-54)80(64-21-9-6-10-22-64)68-42-34-58-16-12-14-18-60(58)50-68/h5-52H,1-4H3/b25-23+,26-24+. The minimum Gasteiger partial charge on any atom is -0.310 e. The Labute approximate surface area is 470 Å². The number of nitrogens with zero attached hydrogens (tertiary/aromatic N) is 2. The van der Waals surface area contributed by atoms with E-state index in [2.05, 4.69) is 329 Å². The largest absolute Gasteiger partial charge is 0.310 e. The summed E-state index contributed by atoms with van der Waals surface area (Å²) < 4.78 is 0. The zero-order valence-corrected chi connectivity index (χ0v) is 45.6. The Morgan fingerprint density at radius 2 is 0.537 bits per heavy atom. The average molecular weight is 1030 g/mol. The molecule has 0 aromatic heterocycles. The first kappa shape index (κ1) is 48.6. The van der Waals surface area contributed by atoms with E-state index in [1.54, 1.807) is 0 Å². The molecule has 0 spiro atoms. The van der Waals surface area contributed by atoms with E-state index in [1.807, 2.05) is 0 Å². The molecule has 12 aromatic carbocycles. The fraction of sp³-hybridized carbons (Fsp3) is 0.0769. The Bertz CT molecular complexity index is 4100. The van der Waals surface area contributed by atoms with Gasteiger partial charge in [-0.2, -0.15) is 0 Å². The van der Waals surface area contributed by atoms with Crippen LogP contribution in [-0.2, 0) is 10.8 Å². The molecule has 382 valence electrons. The highest BCUT2D eigenvalue weighted by molar-refractivity contribution is 5.92. The third-order valence-corrected chi connectivity index (χ3v) is 17.0. The van der Waals surface area contributed by atoms with Gasteiger partial charge >= 0.3 is 0 Å². The van der Waals surface area contributed by atoms with Gasteiger partial charge in [0.25, 0.3) is 0 Å². The lowest BCUT2D eigenvalue weighted by molar-refractivity contribution is 0.659. The van der Waals surface area contributed by atoms with Gasteiger partial charge in [0.15, 0.2) is 0 Å². The van der Waals surface area contributed by atoms with E-state index in [0.717, 1.165) is 45.3 Å². The second-order valence-corrected chi connectivity index (χ2v) is 22.6. The Balaban J connectivity index is 0.680. The molecule has 0 unspecified atom stereocenters. The molecule has 0 atom stereocenters. The van der Waals surface area contributed by atoms with Crippen LogP contribution in [0.1, 0.15) is 72.2 Å². The smallest absolute Gasteiger partial charge is 0.0468 e. The van der Waals surface area contributed by atoms with Gasteiger partial charge in [0.1, 0.15) is 0 Å². The van der Waals surface area contributed by atoms with Crippen molar-refractivity contribution in [1.82, 2.24) is 0 Å². The van der Waals surface area contributed by atoms with E-state index in [1.165, 1.54) is 88.3 Å². The molecule has 80 heavy (non-hydrogen) atoms. The molecule has 2 aliphatic carbocycles. The minimum absolute atomic E-state index is 0.158. The molecule has 0 saturated heterocycles. The highest BCUT2D eigenvalue weighted by Gasteiger charge is 2.38. The summed E-state index contributed by atoms with van der Waals surface area (Å²) in [5.41, 5.74) is 24.5. The van der Waals surface area contributed by atoms with Crippen molar-refractivity contribution in [2.24, 2.45) is 0 Å². The van der Waals surface area contributed by atoms with Gasteiger partial charge in [-0.15, -0.1) is 0 Å². The molecule has 0 amide bonds. The van der Waals surface area contributed by atoms with Crippen LogP contribution in [0, 0.1) is 0 Å². The molecular weight excluding hydrogens is 965 g/mol. The molecule has 12 aromatic rings. The van der Waals surface area contributed by atoms with Crippen LogP contribution in [0.15, 0.2) is 267 Å². The van der Waals surface area contributed by atoms with Crippen LogP contribution >= 0.6 is 0 Å². The molecule has 2 heteroatoms. The zero-order chi connectivity index (χ0) is 54.0. The fourth-order valence-corrected chi connectivity index (χ4v) is 12.6. The highest BCUT2D eigenvalue weighted by atomic mass is 15.1. The number of benzene rings is 12. The van der Waals surface area contributed by atoms with Crippen molar-refractivity contribution in [3.8, 4) is 33.4 Å². The van der Waals surface area contributed by atoms with Crippen LogP contribution in [-0.4, -0.2) is 0 Å². The van der Waals surface area contributed by atoms with Crippen molar-refractivity contribution >= 4 is 80.0 Å². The maximum atomic E-state index is 2.46. The molecule has 14 rings (SSSR count). The number of rotatable bonds is 11. The second kappa shape index (κ2) is 19.6. The number of para-hydroxylation sites is 2. The third-order valence-electron chi connectivity index (χ3n) is 17.0. The Morgan fingerprint density at radius 3 is 0.938 bits per heavy atom. The molecule has 2 aliphatic rings. The zero-order valence-electron chi connectivity index (χ0n) is 45.6. The Morgan fingerprint density at radius 1 is 0.237 bits per heavy atom. The summed E-state index contributed by atoms with van der Waals surface area (Å²) in [5.74, 6) is 0. The first-order valence-electron chi connectivity index (χ1n) is 28.0. The van der Waals surface area contributed by atoms with Gasteiger partial charge in [-0.1, -0.05) is 234 Å². The Hall–Kier alpha value is -9.76. The summed E-state index contributed by atoms with van der Waals surface area (Å²) in [6, 6.07) is 97.9. The van der Waals surface area contributed by atoms with Crippen LogP contribution in [0.3, 0.4) is 0 Å². The number of hydrogen-bond acceptors (Lipinski definition) is 2. The lowest BCUT2D eigenvalue weighted by Crippen LogP contribution is -2.15. The molecule has 0 saturated carbocycles. The second-order valence-electron chi connectivity index (χ2n) is 22.6. The van der Waals surface area contributed by atoms with E-state index in [4.69, 9.17) is 0 Å². The number of hydrogen-bond donors (Lipinski definition) is 0. The molecular formula is C78H60N2. The van der Waals surface area contributed by atoms with Crippen LogP contribution in [0.4, 0.5) is 34.1 Å². The van der Waals surface area contributed by atoms with Crippen LogP contribution < -0.4 is 9.80 Å². The number of fused-ring (bicyclic) bond motifs is 8. The monoisotopic (exact) mass is 1020 g/mol. The first-order chi connectivity index (χ1) is 39.1. The summed E-state index contributed by atoms with van der Waals surface area (Å²) in [4.78, 5) is 4.66. The predicted molar refractivity (Wildman–Crippen MR) is 342 cm³/mol. The van der Waals surface area contributed by atoms with Crippen LogP contribution in [0.2, 0.25) is 0 Å². The summed E-state index contributed by atoms with van der Waals surface area (Å²) in [7, 11) is 0. The van der Waals surface area contributed by atoms with Gasteiger partial charge < -0.3 is 9.80 Å². The van der Waals surface area contributed by atoms with E-state index in [0.29, 0.717) is 0 Å². The average Bonchev–Trinajstić information content (AvgIpc) is 4.11. The van der Waals surface area contributed by atoms with Crippen molar-refractivity contribution < 1.29 is 0 Å². The van der Waals surface area contributed by atoms with Crippen molar-refractivity contribution in [2.45, 2.75) is 38.5 Å². The van der Waals surface area contributed by atoms with Gasteiger partial charge in [0, 0.05) is 45.0 Å². The molecule has 0 heterocycles. The van der Waals surface area contributed by atoms with Crippen molar-refractivity contribution in [2.75, 3.05) is 9.80 Å². The summed E-state index contributed by atoms with van der Waals surface area (Å²) >= 11 is 0. The topological polar surface area (TPSA) is 6.48 Å². The van der Waals surface area contributed by atoms with Gasteiger partial charge in [-0.25, -0.2) is 0 Å². The third kappa shape index (κ3) is 8.71. The Kier molecular flexibility index (Phi) is 11.9. The summed E-state index contributed by atoms with van der Waals surface area (Å²) in [6.45, 7) is 9.55. The van der Waals surface area contributed by atoms with Crippen molar-refractivity contribution in [3.63, 3.8) is 0 Å². The molecule has 0 N–H and O–H groups in total. The first-order valence-corrected chi connectivity index (χ1v) is 28.0. The maximum Gasteiger partial charge on any atom is 0.0468 e. The van der Waals surface area contributed by atoms with Crippen molar-refractivity contribution in [1.29, 1.82) is 0 Å². The molecule has 0 bridgehead atoms. The highest BCUT2D eigenvalue weighted by Crippen LogP contribution is 2.53. The molecule has 0 aliphatic heterocycles. The van der Waals surface area contributed by atoms with Gasteiger partial charge in [0.05, 0.1) is 0 Å².